The molecule has 140 valence electrons. The van der Waals surface area contributed by atoms with Gasteiger partial charge in [-0.15, -0.1) is 23.2 Å². The number of benzene rings is 1. The van der Waals surface area contributed by atoms with Crippen LogP contribution >= 0.6 is 23.2 Å². The van der Waals surface area contributed by atoms with Crippen LogP contribution < -0.4 is 0 Å². The zero-order chi connectivity index (χ0) is 19.1. The Kier molecular flexibility index (Phi) is 7.66. The third-order valence-electron chi connectivity index (χ3n) is 4.09. The van der Waals surface area contributed by atoms with E-state index in [-0.39, 0.29) is 25.0 Å². The van der Waals surface area contributed by atoms with Crippen molar-refractivity contribution < 1.29 is 19.1 Å². The van der Waals surface area contributed by atoms with Crippen LogP contribution in [0, 0.1) is 5.92 Å². The molecule has 5 nitrogen and oxygen atoms in total. The topological polar surface area (TPSA) is 65.0 Å². The second-order valence-electron chi connectivity index (χ2n) is 5.80. The zero-order valence-electron chi connectivity index (χ0n) is 14.7. The van der Waals surface area contributed by atoms with Crippen molar-refractivity contribution in [3.05, 3.63) is 47.2 Å². The minimum Gasteiger partial charge on any atom is -0.464 e. The van der Waals surface area contributed by atoms with Crippen LogP contribution in [0.4, 0.5) is 0 Å². The summed E-state index contributed by atoms with van der Waals surface area (Å²) in [5.74, 6) is -1.86. The van der Waals surface area contributed by atoms with E-state index in [0.29, 0.717) is 17.0 Å². The minimum atomic E-state index is -0.720. The van der Waals surface area contributed by atoms with Crippen molar-refractivity contribution in [2.45, 2.75) is 19.8 Å². The van der Waals surface area contributed by atoms with E-state index in [4.69, 9.17) is 32.7 Å². The lowest BCUT2D eigenvalue weighted by molar-refractivity contribution is -0.146. The van der Waals surface area contributed by atoms with E-state index in [2.05, 4.69) is 4.99 Å². The number of hydrogen-bond acceptors (Lipinski definition) is 5. The van der Waals surface area contributed by atoms with Crippen molar-refractivity contribution in [1.82, 2.24) is 0 Å². The summed E-state index contributed by atoms with van der Waals surface area (Å²) in [6.45, 7) is 3.67. The smallest absolute Gasteiger partial charge is 0.336 e. The van der Waals surface area contributed by atoms with Crippen molar-refractivity contribution >= 4 is 40.9 Å². The summed E-state index contributed by atoms with van der Waals surface area (Å²) in [5, 5.41) is 0. The van der Waals surface area contributed by atoms with Gasteiger partial charge in [-0.3, -0.25) is 9.79 Å². The zero-order valence-corrected chi connectivity index (χ0v) is 16.2. The van der Waals surface area contributed by atoms with Crippen LogP contribution in [-0.2, 0) is 19.1 Å². The van der Waals surface area contributed by atoms with E-state index < -0.39 is 23.8 Å². The van der Waals surface area contributed by atoms with E-state index in [1.54, 1.807) is 13.8 Å². The first-order chi connectivity index (χ1) is 12.5. The maximum Gasteiger partial charge on any atom is 0.336 e. The molecule has 0 saturated heterocycles. The summed E-state index contributed by atoms with van der Waals surface area (Å²) in [4.78, 5) is 29.7. The van der Waals surface area contributed by atoms with Gasteiger partial charge in [0.1, 0.15) is 19.1 Å². The number of rotatable bonds is 7. The van der Waals surface area contributed by atoms with Gasteiger partial charge in [-0.25, -0.2) is 4.79 Å². The summed E-state index contributed by atoms with van der Waals surface area (Å²) >= 11 is 11.3. The Balaban J connectivity index is 2.50. The number of carbonyl (C=O) groups excluding carboxylic acids is 2. The molecule has 0 aromatic heterocycles. The maximum absolute atomic E-state index is 12.7. The van der Waals surface area contributed by atoms with Gasteiger partial charge in [-0.05, 0) is 19.4 Å². The van der Waals surface area contributed by atoms with Crippen LogP contribution in [0.3, 0.4) is 0 Å². The highest BCUT2D eigenvalue weighted by molar-refractivity contribution is 6.18. The lowest BCUT2D eigenvalue weighted by Crippen LogP contribution is -2.36. The first-order valence-electron chi connectivity index (χ1n) is 8.27. The average molecular weight is 398 g/mol. The van der Waals surface area contributed by atoms with Crippen LogP contribution in [0.5, 0.6) is 0 Å². The van der Waals surface area contributed by atoms with Crippen LogP contribution in [0.1, 0.15) is 25.3 Å². The molecule has 1 aromatic carbocycles. The summed E-state index contributed by atoms with van der Waals surface area (Å²) in [6.07, 6.45) is 0. The predicted octanol–water partition coefficient (Wildman–Crippen LogP) is 3.70. The van der Waals surface area contributed by atoms with Crippen LogP contribution in [-0.4, -0.2) is 42.6 Å². The van der Waals surface area contributed by atoms with Gasteiger partial charge in [0, 0.05) is 17.3 Å². The van der Waals surface area contributed by atoms with E-state index in [1.807, 2.05) is 30.3 Å². The number of halogens is 2. The number of aliphatic imine (C=N–C) groups is 1. The maximum atomic E-state index is 12.7. The summed E-state index contributed by atoms with van der Waals surface area (Å²) < 4.78 is 10.5. The van der Waals surface area contributed by atoms with Crippen LogP contribution in [0.25, 0.3) is 0 Å². The number of nitrogens with zero attached hydrogens (tertiary/aromatic N) is 1. The number of esters is 2. The molecule has 0 spiro atoms. The molecule has 0 saturated carbocycles. The van der Waals surface area contributed by atoms with Gasteiger partial charge >= 0.3 is 11.9 Å². The Labute approximate surface area is 163 Å². The van der Waals surface area contributed by atoms with E-state index in [1.165, 1.54) is 0 Å². The second-order valence-corrected chi connectivity index (χ2v) is 6.56. The standard InChI is InChI=1S/C19H21Cl2NO4/c1-12-15(18(23)25-10-8-20)17(14-6-4-3-5-7-14)16(13(2)22-12)19(24)26-11-9-21/h3-7,15,17H,8-11H2,1-2H3. The second kappa shape index (κ2) is 9.74. The van der Waals surface area contributed by atoms with Crippen molar-refractivity contribution in [2.24, 2.45) is 10.9 Å². The highest BCUT2D eigenvalue weighted by Gasteiger charge is 2.42. The fourth-order valence-corrected chi connectivity index (χ4v) is 3.22. The summed E-state index contributed by atoms with van der Waals surface area (Å²) in [5.41, 5.74) is 2.27. The largest absolute Gasteiger partial charge is 0.464 e. The molecular formula is C19H21Cl2NO4. The average Bonchev–Trinajstić information content (AvgIpc) is 2.64. The molecule has 1 heterocycles. The van der Waals surface area contributed by atoms with Gasteiger partial charge in [-0.1, -0.05) is 30.3 Å². The molecule has 1 aliphatic rings. The molecule has 0 amide bonds. The highest BCUT2D eigenvalue weighted by Crippen LogP contribution is 2.40. The number of alkyl halides is 2. The first kappa shape index (κ1) is 20.5. The Bertz CT molecular complexity index is 716. The third-order valence-corrected chi connectivity index (χ3v) is 4.40. The van der Waals surface area contributed by atoms with E-state index >= 15 is 0 Å². The lowest BCUT2D eigenvalue weighted by Gasteiger charge is -2.31. The molecule has 7 heteroatoms. The molecule has 1 aliphatic heterocycles. The Morgan fingerprint density at radius 3 is 2.27 bits per heavy atom. The van der Waals surface area contributed by atoms with E-state index in [0.717, 1.165) is 5.56 Å². The Hall–Kier alpha value is -1.85. The fourth-order valence-electron chi connectivity index (χ4n) is 3.07. The highest BCUT2D eigenvalue weighted by atomic mass is 35.5. The summed E-state index contributed by atoms with van der Waals surface area (Å²) in [6, 6.07) is 9.32. The number of hydrogen-bond donors (Lipinski definition) is 0. The SMILES string of the molecule is CC1=NC(C)=C(C(=O)OCCCl)C(c2ccccc2)C1C(=O)OCCCl. The van der Waals surface area contributed by atoms with Gasteiger partial charge in [0.2, 0.25) is 0 Å². The van der Waals surface area contributed by atoms with Crippen molar-refractivity contribution in [2.75, 3.05) is 25.0 Å². The monoisotopic (exact) mass is 397 g/mol. The summed E-state index contributed by atoms with van der Waals surface area (Å²) in [7, 11) is 0. The molecule has 2 atom stereocenters. The molecule has 0 aliphatic carbocycles. The van der Waals surface area contributed by atoms with Crippen molar-refractivity contribution in [1.29, 1.82) is 0 Å². The van der Waals surface area contributed by atoms with Gasteiger partial charge in [0.25, 0.3) is 0 Å². The van der Waals surface area contributed by atoms with E-state index in [9.17, 15) is 9.59 Å². The molecule has 0 N–H and O–H groups in total. The fraction of sp³-hybridized carbons (Fsp3) is 0.421. The number of allylic oxidation sites excluding steroid dienone is 1. The number of ether oxygens (including phenoxy) is 2. The number of carbonyl (C=O) groups is 2. The van der Waals surface area contributed by atoms with Gasteiger partial charge in [0.05, 0.1) is 17.3 Å². The van der Waals surface area contributed by atoms with Gasteiger partial charge in [-0.2, -0.15) is 0 Å². The molecule has 2 unspecified atom stereocenters. The Morgan fingerprint density at radius 1 is 1.04 bits per heavy atom. The van der Waals surface area contributed by atoms with Crippen molar-refractivity contribution in [3.63, 3.8) is 0 Å². The Morgan fingerprint density at radius 2 is 1.65 bits per heavy atom. The first-order valence-corrected chi connectivity index (χ1v) is 9.34. The molecule has 0 fully saturated rings. The third kappa shape index (κ3) is 4.65. The molecule has 26 heavy (non-hydrogen) atoms. The van der Waals surface area contributed by atoms with Crippen molar-refractivity contribution in [3.8, 4) is 0 Å². The quantitative estimate of drug-likeness (QED) is 0.519. The van der Waals surface area contributed by atoms with Gasteiger partial charge in [0.15, 0.2) is 0 Å². The minimum absolute atomic E-state index is 0.0860. The molecule has 0 radical (unpaired) electrons. The van der Waals surface area contributed by atoms with Gasteiger partial charge < -0.3 is 9.47 Å². The van der Waals surface area contributed by atoms with Crippen LogP contribution in [0.2, 0.25) is 0 Å². The molecular weight excluding hydrogens is 377 g/mol. The lowest BCUT2D eigenvalue weighted by atomic mass is 9.75. The molecule has 1 aromatic rings. The molecule has 2 rings (SSSR count). The van der Waals surface area contributed by atoms with Crippen LogP contribution in [0.15, 0.2) is 46.6 Å². The molecule has 0 bridgehead atoms. The predicted molar refractivity (Wildman–Crippen MR) is 102 cm³/mol. The normalized spacial score (nSPS) is 19.8.